The Balaban J connectivity index is 0.000000359. The van der Waals surface area contributed by atoms with Gasteiger partial charge in [-0.3, -0.25) is 18.2 Å². The lowest BCUT2D eigenvalue weighted by molar-refractivity contribution is 0.284. The minimum absolute atomic E-state index is 0.0232. The van der Waals surface area contributed by atoms with E-state index in [0.29, 0.717) is 0 Å². The average molecular weight is 836 g/mol. The Labute approximate surface area is 292 Å². The highest BCUT2D eigenvalue weighted by atomic mass is 32.3. The molecule has 21 nitrogen and oxygen atoms in total. The molecule has 0 fully saturated rings. The third kappa shape index (κ3) is 9.81. The lowest BCUT2D eigenvalue weighted by atomic mass is 10.1. The van der Waals surface area contributed by atoms with Crippen LogP contribution >= 0.6 is 0 Å². The zero-order valence-electron chi connectivity index (χ0n) is 25.2. The predicted molar refractivity (Wildman–Crippen MR) is 175 cm³/mol. The van der Waals surface area contributed by atoms with E-state index in [-0.39, 0.29) is 38.8 Å². The van der Waals surface area contributed by atoms with Crippen molar-refractivity contribution in [1.82, 2.24) is 0 Å². The van der Waals surface area contributed by atoms with Gasteiger partial charge in [0.15, 0.2) is 31.2 Å². The van der Waals surface area contributed by atoms with Crippen LogP contribution < -0.4 is 17.2 Å². The molecule has 0 saturated heterocycles. The number of nitrogens with zero attached hydrogens (tertiary/aromatic N) is 2. The summed E-state index contributed by atoms with van der Waals surface area (Å²) in [5.74, 6) is -5.37. The molecule has 284 valence electrons. The number of fused-ring (bicyclic) bond motifs is 1. The number of nitrogens with two attached hydrogens (primary N) is 3. The summed E-state index contributed by atoms with van der Waals surface area (Å²) in [6.07, 6.45) is 0. The molecule has 0 saturated carbocycles. The second-order valence-electron chi connectivity index (χ2n) is 9.84. The molecule has 11 N–H and O–H groups in total. The van der Waals surface area contributed by atoms with Gasteiger partial charge in [-0.2, -0.15) is 38.8 Å². The first kappa shape index (κ1) is 41.8. The van der Waals surface area contributed by atoms with E-state index in [0.717, 1.165) is 18.2 Å². The van der Waals surface area contributed by atoms with Gasteiger partial charge in [-0.25, -0.2) is 21.4 Å². The largest absolute Gasteiger partial charge is 0.505 e. The zero-order valence-corrected chi connectivity index (χ0v) is 29.3. The Hall–Kier alpha value is -4.65. The monoisotopic (exact) mass is 835 g/mol. The van der Waals surface area contributed by atoms with Crippen LogP contribution in [0.1, 0.15) is 0 Å². The van der Waals surface area contributed by atoms with E-state index in [1.54, 1.807) is 0 Å². The van der Waals surface area contributed by atoms with Gasteiger partial charge < -0.3 is 22.3 Å². The number of aromatic hydroxyl groups is 1. The van der Waals surface area contributed by atoms with Crippen LogP contribution in [0, 0.1) is 11.6 Å². The molecule has 0 unspecified atom stereocenters. The van der Waals surface area contributed by atoms with E-state index in [4.69, 9.17) is 30.9 Å². The van der Waals surface area contributed by atoms with Crippen molar-refractivity contribution in [1.29, 1.82) is 0 Å². The molecular weight excluding hydrogens is 813 g/mol. The number of sulfone groups is 1. The van der Waals surface area contributed by atoms with Crippen molar-refractivity contribution < 1.29 is 78.4 Å². The summed E-state index contributed by atoms with van der Waals surface area (Å²) < 4.78 is 178. The SMILES string of the molecule is Nc1cc(F)c(S(=O)(=O)O)c(F)c1S(=O)(=O)O.Nc1ccc2c(O)c(N=Nc3ccc(S(=O)(=O)CCOS(=O)(=O)O)cc3)c(S(=O)(=O)O)cc2c1N. The van der Waals surface area contributed by atoms with Crippen LogP contribution in [-0.4, -0.2) is 77.8 Å². The molecule has 0 bridgehead atoms. The molecule has 4 aromatic rings. The van der Waals surface area contributed by atoms with Gasteiger partial charge in [0.2, 0.25) is 0 Å². The highest BCUT2D eigenvalue weighted by Crippen LogP contribution is 2.44. The normalized spacial score (nSPS) is 12.9. The Kier molecular flexibility index (Phi) is 11.9. The maximum atomic E-state index is 13.4. The van der Waals surface area contributed by atoms with Crippen molar-refractivity contribution in [2.75, 3.05) is 29.6 Å². The third-order valence-corrected chi connectivity index (χ3v) is 11.2. The van der Waals surface area contributed by atoms with E-state index in [1.165, 1.54) is 24.3 Å². The van der Waals surface area contributed by atoms with Crippen LogP contribution in [0.4, 0.5) is 37.2 Å². The van der Waals surface area contributed by atoms with Gasteiger partial charge in [0.05, 0.1) is 40.0 Å². The second-order valence-corrected chi connectivity index (χ2v) is 17.2. The summed E-state index contributed by atoms with van der Waals surface area (Å²) >= 11 is 0. The first-order valence-electron chi connectivity index (χ1n) is 13.0. The second kappa shape index (κ2) is 14.8. The number of phenols is 1. The number of benzene rings is 4. The lowest BCUT2D eigenvalue weighted by Crippen LogP contribution is -2.15. The summed E-state index contributed by atoms with van der Waals surface area (Å²) in [6.45, 7) is -0.807. The number of rotatable bonds is 10. The summed E-state index contributed by atoms with van der Waals surface area (Å²) in [5, 5.41) is 18.2. The summed E-state index contributed by atoms with van der Waals surface area (Å²) in [4.78, 5) is -4.54. The summed E-state index contributed by atoms with van der Waals surface area (Å²) in [6, 6.07) is 8.51. The molecule has 0 aromatic heterocycles. The topological polar surface area (TPSA) is 384 Å². The van der Waals surface area contributed by atoms with Crippen LogP contribution in [0.15, 0.2) is 78.3 Å². The first-order valence-corrected chi connectivity index (χ1v) is 20.3. The van der Waals surface area contributed by atoms with Crippen molar-refractivity contribution in [2.24, 2.45) is 10.2 Å². The molecule has 0 atom stereocenters. The van der Waals surface area contributed by atoms with Gasteiger partial charge in [0.25, 0.3) is 30.4 Å². The fraction of sp³-hybridized carbons (Fsp3) is 0.0833. The van der Waals surface area contributed by atoms with Gasteiger partial charge in [-0.05, 0) is 48.5 Å². The number of nitrogen functional groups attached to an aromatic ring is 3. The molecule has 4 rings (SSSR count). The van der Waals surface area contributed by atoms with Gasteiger partial charge in [-0.1, -0.05) is 0 Å². The quantitative estimate of drug-likeness (QED) is 0.0643. The minimum atomic E-state index is -5.34. The zero-order chi connectivity index (χ0) is 39.8. The Morgan fingerprint density at radius 1 is 0.673 bits per heavy atom. The van der Waals surface area contributed by atoms with E-state index >= 15 is 0 Å². The molecule has 28 heteroatoms. The number of anilines is 3. The van der Waals surface area contributed by atoms with Crippen molar-refractivity contribution >= 4 is 89.8 Å². The molecule has 0 aliphatic rings. The van der Waals surface area contributed by atoms with Gasteiger partial charge in [0.1, 0.15) is 16.4 Å². The van der Waals surface area contributed by atoms with Crippen LogP contribution in [0.3, 0.4) is 0 Å². The van der Waals surface area contributed by atoms with Crippen molar-refractivity contribution in [3.8, 4) is 5.75 Å². The highest BCUT2D eigenvalue weighted by Gasteiger charge is 2.31. The van der Waals surface area contributed by atoms with Crippen molar-refractivity contribution in [3.63, 3.8) is 0 Å². The highest BCUT2D eigenvalue weighted by molar-refractivity contribution is 7.91. The standard InChI is InChI=1S/C18H18N4O10S3.C6H5F2NO6S2/c19-14-6-5-12-13(16(14)20)9-15(34(26,27)28)17(18(12)23)22-21-10-1-3-11(4-2-10)33(24,25)8-7-32-35(29,30)31;7-2-1-3(9)6(17(13,14)15)4(8)5(2)16(10,11)12/h1-6,9,23H,7-8,19-20H2,(H,26,27,28)(H,29,30,31);1H,9H2,(H,10,11,12)(H,13,14,15). The van der Waals surface area contributed by atoms with Gasteiger partial charge in [-0.15, -0.1) is 5.11 Å². The van der Waals surface area contributed by atoms with Crippen LogP contribution in [0.2, 0.25) is 0 Å². The fourth-order valence-electron chi connectivity index (χ4n) is 4.05. The van der Waals surface area contributed by atoms with Gasteiger partial charge >= 0.3 is 10.4 Å². The summed E-state index contributed by atoms with van der Waals surface area (Å²) in [7, 11) is -24.2. The van der Waals surface area contributed by atoms with E-state index in [9.17, 15) is 60.5 Å². The molecule has 0 aliphatic heterocycles. The van der Waals surface area contributed by atoms with E-state index in [1.807, 2.05) is 0 Å². The first-order chi connectivity index (χ1) is 23.6. The number of phenolic OH excluding ortho intramolecular Hbond substituents is 1. The smallest absolute Gasteiger partial charge is 0.397 e. The number of azo groups is 1. The van der Waals surface area contributed by atoms with Crippen LogP contribution in [0.5, 0.6) is 5.75 Å². The Morgan fingerprint density at radius 2 is 1.23 bits per heavy atom. The molecule has 4 aromatic carbocycles. The Morgan fingerprint density at radius 3 is 1.73 bits per heavy atom. The predicted octanol–water partition coefficient (Wildman–Crippen LogP) is 2.01. The molecule has 0 spiro atoms. The molecule has 0 radical (unpaired) electrons. The average Bonchev–Trinajstić information content (AvgIpc) is 2.96. The van der Waals surface area contributed by atoms with Crippen LogP contribution in [0.25, 0.3) is 10.8 Å². The maximum Gasteiger partial charge on any atom is 0.397 e. The van der Waals surface area contributed by atoms with Crippen molar-refractivity contribution in [3.05, 3.63) is 60.2 Å². The Bertz CT molecular complexity index is 2620. The van der Waals surface area contributed by atoms with E-state index in [2.05, 4.69) is 14.4 Å². The van der Waals surface area contributed by atoms with Crippen LogP contribution in [-0.2, 0) is 54.8 Å². The van der Waals surface area contributed by atoms with E-state index < -0.39 is 106 Å². The fourth-order valence-corrected chi connectivity index (χ4v) is 7.57. The number of halogens is 2. The molecule has 0 aliphatic carbocycles. The lowest BCUT2D eigenvalue weighted by Gasteiger charge is -2.11. The third-order valence-electron chi connectivity index (χ3n) is 6.31. The number of hydrogen-bond acceptors (Lipinski definition) is 17. The molecule has 52 heavy (non-hydrogen) atoms. The molecule has 0 heterocycles. The maximum absolute atomic E-state index is 13.4. The van der Waals surface area contributed by atoms with Gasteiger partial charge in [0, 0.05) is 10.8 Å². The summed E-state index contributed by atoms with van der Waals surface area (Å²) in [5.41, 5.74) is 15.0. The minimum Gasteiger partial charge on any atom is -0.505 e. The molecule has 0 amide bonds. The number of hydrogen-bond donors (Lipinski definition) is 8. The van der Waals surface area contributed by atoms with Crippen molar-refractivity contribution in [2.45, 2.75) is 19.6 Å². The molecular formula is C24H23F2N5O16S5.